The smallest absolute Gasteiger partial charge is 0.319 e. The van der Waals surface area contributed by atoms with E-state index in [0.29, 0.717) is 60.7 Å². The van der Waals surface area contributed by atoms with Crippen molar-refractivity contribution in [1.29, 1.82) is 0 Å². The molecule has 38 heavy (non-hydrogen) atoms. The normalized spacial score (nSPS) is 13.6. The Balaban J connectivity index is 1.52. The summed E-state index contributed by atoms with van der Waals surface area (Å²) in [5.41, 5.74) is 8.39. The molecule has 4 aromatic rings. The van der Waals surface area contributed by atoms with Crippen molar-refractivity contribution in [2.45, 2.75) is 6.92 Å². The highest BCUT2D eigenvalue weighted by Crippen LogP contribution is 2.32. The van der Waals surface area contributed by atoms with E-state index >= 15 is 0 Å². The molecule has 13 nitrogen and oxygen atoms in total. The highest BCUT2D eigenvalue weighted by molar-refractivity contribution is 5.78. The van der Waals surface area contributed by atoms with Crippen LogP contribution < -0.4 is 20.7 Å². The summed E-state index contributed by atoms with van der Waals surface area (Å²) in [5, 5.41) is 3.13. The van der Waals surface area contributed by atoms with Gasteiger partial charge in [-0.05, 0) is 13.0 Å². The Labute approximate surface area is 218 Å². The van der Waals surface area contributed by atoms with Crippen molar-refractivity contribution < 1.29 is 13.9 Å². The second-order valence-corrected chi connectivity index (χ2v) is 8.98. The van der Waals surface area contributed by atoms with Crippen molar-refractivity contribution in [3.05, 3.63) is 42.2 Å². The Morgan fingerprint density at radius 2 is 1.89 bits per heavy atom. The van der Waals surface area contributed by atoms with Gasteiger partial charge in [0.05, 0.1) is 19.0 Å². The first-order chi connectivity index (χ1) is 18.2. The maximum Gasteiger partial charge on any atom is 0.319 e. The van der Waals surface area contributed by atoms with E-state index in [2.05, 4.69) is 30.2 Å². The maximum absolute atomic E-state index is 14.3. The number of hydrogen-bond acceptors (Lipinski definition) is 10. The number of ether oxygens (including phenoxy) is 1. The van der Waals surface area contributed by atoms with Gasteiger partial charge in [-0.2, -0.15) is 9.97 Å². The van der Waals surface area contributed by atoms with Crippen LogP contribution in [-0.4, -0.2) is 92.5 Å². The fraction of sp³-hybridized carbons (Fsp3) is 0.333. The number of methoxy groups -OCH3 is 1. The third-order valence-corrected chi connectivity index (χ3v) is 6.15. The van der Waals surface area contributed by atoms with Crippen molar-refractivity contribution in [1.82, 2.24) is 39.1 Å². The molecule has 1 aliphatic heterocycles. The molecule has 0 unspecified atom stereocenters. The highest BCUT2D eigenvalue weighted by Gasteiger charge is 2.24. The fourth-order valence-electron chi connectivity index (χ4n) is 4.36. The van der Waals surface area contributed by atoms with Crippen molar-refractivity contribution >= 4 is 34.8 Å². The minimum absolute atomic E-state index is 0.00472. The Morgan fingerprint density at radius 1 is 1.13 bits per heavy atom. The molecule has 14 heteroatoms. The predicted molar refractivity (Wildman–Crippen MR) is 140 cm³/mol. The summed E-state index contributed by atoms with van der Waals surface area (Å²) in [6, 6.07) is 5.19. The second kappa shape index (κ2) is 9.95. The fourth-order valence-corrected chi connectivity index (χ4v) is 4.36. The summed E-state index contributed by atoms with van der Waals surface area (Å²) < 4.78 is 21.1. The average Bonchev–Trinajstić information content (AvgIpc) is 3.24. The van der Waals surface area contributed by atoms with E-state index in [-0.39, 0.29) is 17.9 Å². The second-order valence-electron chi connectivity index (χ2n) is 8.98. The SMILES string of the molecule is COc1ncc(Nc2nc3cc(N4CCN(C(=O)N(C)C)CC4)ccn3c2-c2nc(C)nc(N)n2)cc1F. The average molecular weight is 522 g/mol. The zero-order valence-electron chi connectivity index (χ0n) is 21.5. The number of pyridine rings is 2. The number of carbonyl (C=O) groups is 1. The van der Waals surface area contributed by atoms with Gasteiger partial charge in [0.25, 0.3) is 0 Å². The lowest BCUT2D eigenvalue weighted by Gasteiger charge is -2.37. The quantitative estimate of drug-likeness (QED) is 0.401. The molecule has 0 bridgehead atoms. The summed E-state index contributed by atoms with van der Waals surface area (Å²) in [6.45, 7) is 4.34. The van der Waals surface area contributed by atoms with Gasteiger partial charge < -0.3 is 30.5 Å². The number of urea groups is 1. The van der Waals surface area contributed by atoms with Gasteiger partial charge in [0.2, 0.25) is 11.8 Å². The zero-order valence-corrected chi connectivity index (χ0v) is 21.5. The van der Waals surface area contributed by atoms with Crippen LogP contribution in [0.2, 0.25) is 0 Å². The molecule has 3 N–H and O–H groups in total. The number of nitrogens with one attached hydrogen (secondary N) is 1. The molecule has 198 valence electrons. The number of hydrogen-bond donors (Lipinski definition) is 2. The lowest BCUT2D eigenvalue weighted by atomic mass is 10.2. The molecule has 0 radical (unpaired) electrons. The summed E-state index contributed by atoms with van der Waals surface area (Å²) in [5.74, 6) is 0.510. The molecule has 0 saturated carbocycles. The van der Waals surface area contributed by atoms with Crippen LogP contribution in [0, 0.1) is 12.7 Å². The van der Waals surface area contributed by atoms with Crippen molar-refractivity contribution in [2.24, 2.45) is 0 Å². The third kappa shape index (κ3) is 4.79. The van der Waals surface area contributed by atoms with Gasteiger partial charge in [-0.15, -0.1) is 0 Å². The lowest BCUT2D eigenvalue weighted by molar-refractivity contribution is 0.168. The van der Waals surface area contributed by atoms with E-state index in [1.165, 1.54) is 19.4 Å². The molecular formula is C24H28FN11O2. The van der Waals surface area contributed by atoms with E-state index in [4.69, 9.17) is 15.5 Å². The molecule has 4 aromatic heterocycles. The highest BCUT2D eigenvalue weighted by atomic mass is 19.1. The van der Waals surface area contributed by atoms with E-state index < -0.39 is 5.82 Å². The minimum atomic E-state index is -0.614. The standard InChI is InChI=1S/C24H28FN11O2/c1-14-28-20(32-23(26)29-14)19-21(30-15-11-17(25)22(38-4)27-13-15)31-18-12-16(5-6-36(18)19)34-7-9-35(10-8-34)24(37)33(2)3/h5-6,11-13,30H,7-10H2,1-4H3,(H2,26,28,29,32). The van der Waals surface area contributed by atoms with Crippen molar-refractivity contribution in [3.63, 3.8) is 0 Å². The number of aromatic nitrogens is 6. The number of nitrogens with two attached hydrogens (primary N) is 1. The van der Waals surface area contributed by atoms with Gasteiger partial charge in [0.1, 0.15) is 17.2 Å². The number of piperazine rings is 1. The monoisotopic (exact) mass is 521 g/mol. The molecule has 0 atom stereocenters. The number of fused-ring (bicyclic) bond motifs is 1. The number of anilines is 4. The first-order valence-electron chi connectivity index (χ1n) is 11.9. The first-order valence-corrected chi connectivity index (χ1v) is 11.9. The van der Waals surface area contributed by atoms with Crippen LogP contribution in [0.1, 0.15) is 5.82 Å². The van der Waals surface area contributed by atoms with Crippen LogP contribution in [0.4, 0.5) is 32.3 Å². The van der Waals surface area contributed by atoms with Crippen molar-refractivity contribution in [2.75, 3.05) is 63.3 Å². The van der Waals surface area contributed by atoms with Crippen LogP contribution in [-0.2, 0) is 0 Å². The van der Waals surface area contributed by atoms with Gasteiger partial charge in [0.15, 0.2) is 17.5 Å². The molecular weight excluding hydrogens is 493 g/mol. The molecule has 5 heterocycles. The molecule has 2 amide bonds. The van der Waals surface area contributed by atoms with E-state index in [0.717, 1.165) is 5.69 Å². The first kappa shape index (κ1) is 24.9. The Kier molecular flexibility index (Phi) is 6.53. The lowest BCUT2D eigenvalue weighted by Crippen LogP contribution is -2.51. The van der Waals surface area contributed by atoms with Crippen LogP contribution in [0.15, 0.2) is 30.6 Å². The third-order valence-electron chi connectivity index (χ3n) is 6.15. The number of imidazole rings is 1. The van der Waals surface area contributed by atoms with E-state index in [1.54, 1.807) is 25.9 Å². The van der Waals surface area contributed by atoms with Crippen LogP contribution in [0.5, 0.6) is 5.88 Å². The van der Waals surface area contributed by atoms with Crippen molar-refractivity contribution in [3.8, 4) is 17.4 Å². The molecule has 1 aliphatic rings. The van der Waals surface area contributed by atoms with Gasteiger partial charge in [0, 0.05) is 64.3 Å². The number of rotatable bonds is 5. The molecule has 0 aromatic carbocycles. The summed E-state index contributed by atoms with van der Waals surface area (Å²) in [7, 11) is 4.86. The number of nitrogens with zero attached hydrogens (tertiary/aromatic N) is 9. The van der Waals surface area contributed by atoms with E-state index in [1.807, 2.05) is 27.6 Å². The summed E-state index contributed by atoms with van der Waals surface area (Å²) in [6.07, 6.45) is 3.32. The number of amides is 2. The Hall–Kier alpha value is -4.75. The van der Waals surface area contributed by atoms with Crippen LogP contribution >= 0.6 is 0 Å². The minimum Gasteiger partial charge on any atom is -0.479 e. The number of aryl methyl sites for hydroxylation is 1. The van der Waals surface area contributed by atoms with Gasteiger partial charge >= 0.3 is 6.03 Å². The number of nitrogen functional groups attached to an aromatic ring is 1. The van der Waals surface area contributed by atoms with Gasteiger partial charge in [-0.3, -0.25) is 4.40 Å². The number of carbonyl (C=O) groups excluding carboxylic acids is 1. The molecule has 5 rings (SSSR count). The summed E-state index contributed by atoms with van der Waals surface area (Å²) in [4.78, 5) is 39.5. The molecule has 1 saturated heterocycles. The van der Waals surface area contributed by atoms with Crippen LogP contribution in [0.3, 0.4) is 0 Å². The molecule has 1 fully saturated rings. The molecule has 0 spiro atoms. The largest absolute Gasteiger partial charge is 0.479 e. The Morgan fingerprint density at radius 3 is 2.55 bits per heavy atom. The number of halogens is 1. The summed E-state index contributed by atoms with van der Waals surface area (Å²) >= 11 is 0. The zero-order chi connectivity index (χ0) is 27.0. The topological polar surface area (TPSA) is 143 Å². The Bertz CT molecular complexity index is 1480. The van der Waals surface area contributed by atoms with Gasteiger partial charge in [-0.25, -0.2) is 24.1 Å². The van der Waals surface area contributed by atoms with Crippen LogP contribution in [0.25, 0.3) is 17.2 Å². The van der Waals surface area contributed by atoms with E-state index in [9.17, 15) is 9.18 Å². The maximum atomic E-state index is 14.3. The van der Waals surface area contributed by atoms with Gasteiger partial charge in [-0.1, -0.05) is 0 Å². The predicted octanol–water partition coefficient (Wildman–Crippen LogP) is 2.17. The molecule has 0 aliphatic carbocycles.